The largest absolute Gasteiger partial charge is 2.00 e. The quantitative estimate of drug-likeness (QED) is 0.116. The molecule has 0 spiro atoms. The fraction of sp³-hybridized carbons (Fsp3) is 0.621. The first-order chi connectivity index (χ1) is 15.6. The summed E-state index contributed by atoms with van der Waals surface area (Å²) in [5.74, 6) is -0.223. The van der Waals surface area contributed by atoms with Gasteiger partial charge in [-0.05, 0) is 48.5 Å². The van der Waals surface area contributed by atoms with Crippen LogP contribution in [-0.4, -0.2) is 42.1 Å². The van der Waals surface area contributed by atoms with Gasteiger partial charge < -0.3 is 25.8 Å². The molecule has 0 aliphatic heterocycles. The van der Waals surface area contributed by atoms with E-state index in [0.717, 1.165) is 6.42 Å². The van der Waals surface area contributed by atoms with Crippen molar-refractivity contribution in [2.24, 2.45) is 0 Å². The van der Waals surface area contributed by atoms with Crippen LogP contribution in [0.25, 0.3) is 0 Å². The number of unbranched alkanes of at least 4 members (excludes halogenated alkanes) is 5. The zero-order valence-electron chi connectivity index (χ0n) is 24.0. The number of hydrogen-bond donors (Lipinski definition) is 2. The average Bonchev–Trinajstić information content (AvgIpc) is 2.68. The van der Waals surface area contributed by atoms with Crippen molar-refractivity contribution in [1.82, 2.24) is 0 Å². The summed E-state index contributed by atoms with van der Waals surface area (Å²) >= 11 is 0. The second-order valence-electron chi connectivity index (χ2n) is 10.6. The molecule has 0 saturated carbocycles. The van der Waals surface area contributed by atoms with Crippen LogP contribution in [0.2, 0.25) is 13.1 Å². The zero-order chi connectivity index (χ0) is 26.8. The molecule has 0 heterocycles. The van der Waals surface area contributed by atoms with E-state index in [2.05, 4.69) is 56.7 Å². The van der Waals surface area contributed by atoms with Crippen LogP contribution in [0.5, 0.6) is 0 Å². The van der Waals surface area contributed by atoms with Crippen molar-refractivity contribution in [3.63, 3.8) is 0 Å². The average molecular weight is 541 g/mol. The molecular formula is C29H52O4SiTi. The monoisotopic (exact) mass is 540 g/mol. The second kappa shape index (κ2) is 21.1. The van der Waals surface area contributed by atoms with Crippen LogP contribution in [0.1, 0.15) is 87.5 Å². The Kier molecular flexibility index (Phi) is 23.3. The van der Waals surface area contributed by atoms with E-state index >= 15 is 0 Å². The number of ether oxygens (including phenoxy) is 1. The van der Waals surface area contributed by atoms with Crippen LogP contribution in [0.3, 0.4) is 0 Å². The van der Waals surface area contributed by atoms with Crippen LogP contribution in [0, 0.1) is 12.5 Å². The molecule has 1 aromatic carbocycles. The summed E-state index contributed by atoms with van der Waals surface area (Å²) in [6, 6.07) is 12.6. The molecule has 0 radical (unpaired) electrons. The molecule has 200 valence electrons. The van der Waals surface area contributed by atoms with Gasteiger partial charge in [-0.2, -0.15) is 0 Å². The standard InChI is InChI=1S/C23H36O2Si.2C3H8O.Ti/c1-7-8-9-10-11-13-16-20(22(24)25-23(2,3)4)19-26(5,6)21-17-14-12-15-18-21;2*1-3(2)4;/h12-19H,7-11H2,1-6H3;2*3-4H,1-2H3;/q-2;;;+2/b20-16+;;;. The Labute approximate surface area is 232 Å². The van der Waals surface area contributed by atoms with Gasteiger partial charge in [0.05, 0.1) is 5.60 Å². The summed E-state index contributed by atoms with van der Waals surface area (Å²) in [6.45, 7) is 19.4. The Bertz CT molecular complexity index is 653. The Balaban J connectivity index is -0.000000986. The molecule has 4 nitrogen and oxygen atoms in total. The first-order valence-electron chi connectivity index (χ1n) is 12.7. The maximum Gasteiger partial charge on any atom is 2.00 e. The number of benzene rings is 1. The Morgan fingerprint density at radius 2 is 1.49 bits per heavy atom. The van der Waals surface area contributed by atoms with Crippen LogP contribution >= 0.6 is 0 Å². The van der Waals surface area contributed by atoms with Crippen molar-refractivity contribution in [3.8, 4) is 0 Å². The van der Waals surface area contributed by atoms with Crippen molar-refractivity contribution in [2.45, 2.75) is 118 Å². The van der Waals surface area contributed by atoms with Crippen molar-refractivity contribution in [1.29, 1.82) is 0 Å². The minimum Gasteiger partial charge on any atom is -0.528 e. The molecule has 35 heavy (non-hydrogen) atoms. The molecule has 0 aliphatic rings. The van der Waals surface area contributed by atoms with Gasteiger partial charge in [-0.15, -0.1) is 6.42 Å². The zero-order valence-corrected chi connectivity index (χ0v) is 26.6. The molecule has 0 atom stereocenters. The number of esters is 1. The smallest absolute Gasteiger partial charge is 0.528 e. The molecular weight excluding hydrogens is 488 g/mol. The third-order valence-electron chi connectivity index (χ3n) is 4.19. The van der Waals surface area contributed by atoms with Gasteiger partial charge in [0, 0.05) is 20.3 Å². The van der Waals surface area contributed by atoms with E-state index in [-0.39, 0.29) is 39.9 Å². The van der Waals surface area contributed by atoms with Gasteiger partial charge in [0.2, 0.25) is 0 Å². The molecule has 6 heteroatoms. The number of hydrogen-bond acceptors (Lipinski definition) is 4. The summed E-state index contributed by atoms with van der Waals surface area (Å²) in [4.78, 5) is 12.7. The summed E-state index contributed by atoms with van der Waals surface area (Å²) in [7, 11) is -1.88. The molecule has 2 N–H and O–H groups in total. The minimum atomic E-state index is -1.88. The fourth-order valence-electron chi connectivity index (χ4n) is 2.75. The molecule has 0 unspecified atom stereocenters. The third-order valence-corrected chi connectivity index (χ3v) is 7.04. The summed E-state index contributed by atoms with van der Waals surface area (Å²) in [5, 5.41) is 17.4. The van der Waals surface area contributed by atoms with E-state index in [1.807, 2.05) is 32.9 Å². The number of carbonyl (C=O) groups excluding carboxylic acids is 1. The second-order valence-corrected chi connectivity index (χ2v) is 14.9. The fourth-order valence-corrected chi connectivity index (χ4v) is 4.96. The van der Waals surface area contributed by atoms with Gasteiger partial charge >= 0.3 is 21.7 Å². The molecule has 0 saturated heterocycles. The summed E-state index contributed by atoms with van der Waals surface area (Å²) < 4.78 is 5.64. The molecule has 1 rings (SSSR count). The van der Waals surface area contributed by atoms with Crippen LogP contribution in [-0.2, 0) is 31.2 Å². The normalized spacial score (nSPS) is 11.4. The van der Waals surface area contributed by atoms with Gasteiger partial charge in [-0.1, -0.05) is 81.2 Å². The number of aliphatic hydroxyl groups excluding tert-OH is 2. The topological polar surface area (TPSA) is 66.8 Å². The van der Waals surface area contributed by atoms with E-state index in [4.69, 9.17) is 14.9 Å². The first kappa shape index (κ1) is 38.5. The first-order valence-corrected chi connectivity index (χ1v) is 15.7. The van der Waals surface area contributed by atoms with Crippen molar-refractivity contribution < 1.29 is 41.5 Å². The molecule has 0 aliphatic carbocycles. The summed E-state index contributed by atoms with van der Waals surface area (Å²) in [6.07, 6.45) is 9.70. The number of carbonyl (C=O) groups is 1. The molecule has 0 bridgehead atoms. The molecule has 0 fully saturated rings. The maximum atomic E-state index is 12.7. The predicted molar refractivity (Wildman–Crippen MR) is 150 cm³/mol. The van der Waals surface area contributed by atoms with Gasteiger partial charge in [-0.25, -0.2) is 0 Å². The molecule has 0 amide bonds. The number of rotatable bonds is 10. The molecule has 0 aromatic heterocycles. The molecule has 1 aromatic rings. The van der Waals surface area contributed by atoms with Crippen molar-refractivity contribution in [3.05, 3.63) is 54.4 Å². The predicted octanol–water partition coefficient (Wildman–Crippen LogP) is 6.56. The Morgan fingerprint density at radius 3 is 1.91 bits per heavy atom. The van der Waals surface area contributed by atoms with Gasteiger partial charge in [0.1, 0.15) is 5.97 Å². The summed E-state index contributed by atoms with van der Waals surface area (Å²) in [5.41, 5.74) is 0.208. The van der Waals surface area contributed by atoms with Crippen LogP contribution < -0.4 is 5.19 Å². The third kappa shape index (κ3) is 25.9. The van der Waals surface area contributed by atoms with Crippen LogP contribution in [0.15, 0.2) is 42.0 Å². The Hall–Kier alpha value is -0.979. The van der Waals surface area contributed by atoms with E-state index in [0.29, 0.717) is 5.57 Å². The van der Waals surface area contributed by atoms with Gasteiger partial charge in [0.25, 0.3) is 0 Å². The maximum absolute atomic E-state index is 12.7. The number of allylic oxidation sites excluding steroid dienone is 1. The van der Waals surface area contributed by atoms with E-state index < -0.39 is 13.7 Å². The van der Waals surface area contributed by atoms with Crippen molar-refractivity contribution >= 4 is 19.2 Å². The minimum absolute atomic E-state index is 0. The number of aliphatic hydroxyl groups is 2. The Morgan fingerprint density at radius 1 is 1.00 bits per heavy atom. The van der Waals surface area contributed by atoms with Crippen LogP contribution in [0.4, 0.5) is 0 Å². The van der Waals surface area contributed by atoms with Gasteiger partial charge in [-0.3, -0.25) is 18.0 Å². The van der Waals surface area contributed by atoms with Crippen molar-refractivity contribution in [2.75, 3.05) is 0 Å². The van der Waals surface area contributed by atoms with E-state index in [1.165, 1.54) is 30.9 Å². The van der Waals surface area contributed by atoms with E-state index in [9.17, 15) is 4.79 Å². The van der Waals surface area contributed by atoms with E-state index in [1.54, 1.807) is 27.7 Å². The SMILES string of the molecule is CC(C)O.CC(C)O.CCCCCC[CH-]/C=C(\[CH-][Si](C)(C)c1ccccc1)C(=O)OC(C)(C)C.[Ti+2]. The van der Waals surface area contributed by atoms with Gasteiger partial charge in [0.15, 0.2) is 0 Å².